The van der Waals surface area contributed by atoms with Gasteiger partial charge in [-0.05, 0) is 37.1 Å². The van der Waals surface area contributed by atoms with Crippen molar-refractivity contribution in [1.82, 2.24) is 15.0 Å². The average Bonchev–Trinajstić information content (AvgIpc) is 3.01. The minimum atomic E-state index is 0.143. The molecule has 0 bridgehead atoms. The smallest absolute Gasteiger partial charge is 0.227 e. The molecule has 1 aliphatic rings. The lowest BCUT2D eigenvalue weighted by atomic mass is 10.1. The first-order valence-electron chi connectivity index (χ1n) is 7.26. The molecule has 1 atom stereocenters. The highest BCUT2D eigenvalue weighted by molar-refractivity contribution is 7.08. The van der Waals surface area contributed by atoms with Crippen LogP contribution in [-0.4, -0.2) is 34.0 Å². The van der Waals surface area contributed by atoms with Crippen LogP contribution in [0.2, 0.25) is 0 Å². The number of aryl methyl sites for hydroxylation is 1. The van der Waals surface area contributed by atoms with Crippen LogP contribution < -0.4 is 0 Å². The maximum absolute atomic E-state index is 12.2. The molecule has 21 heavy (non-hydrogen) atoms. The summed E-state index contributed by atoms with van der Waals surface area (Å²) in [6.07, 6.45) is 3.40. The first-order valence-corrected chi connectivity index (χ1v) is 8.20. The van der Waals surface area contributed by atoms with Crippen LogP contribution in [0.15, 0.2) is 21.3 Å². The number of carbonyl (C=O) groups excluding carboxylic acids is 1. The van der Waals surface area contributed by atoms with E-state index in [1.54, 1.807) is 11.3 Å². The zero-order valence-electron chi connectivity index (χ0n) is 12.3. The Morgan fingerprint density at radius 3 is 3.05 bits per heavy atom. The molecular weight excluding hydrogens is 286 g/mol. The quantitative estimate of drug-likeness (QED) is 0.823. The largest absolute Gasteiger partial charge is 0.343 e. The molecule has 1 amide bonds. The van der Waals surface area contributed by atoms with Gasteiger partial charge in [0, 0.05) is 36.9 Å². The third-order valence-corrected chi connectivity index (χ3v) is 4.79. The Kier molecular flexibility index (Phi) is 4.05. The minimum Gasteiger partial charge on any atom is -0.343 e. The van der Waals surface area contributed by atoms with E-state index in [-0.39, 0.29) is 5.91 Å². The highest BCUT2D eigenvalue weighted by Gasteiger charge is 2.32. The van der Waals surface area contributed by atoms with E-state index in [0.717, 1.165) is 5.56 Å². The minimum absolute atomic E-state index is 0.143. The molecular formula is C15H19N3O2S. The lowest BCUT2D eigenvalue weighted by Gasteiger charge is -2.24. The van der Waals surface area contributed by atoms with Gasteiger partial charge in [-0.3, -0.25) is 4.79 Å². The summed E-state index contributed by atoms with van der Waals surface area (Å²) in [5, 5.41) is 7.90. The molecule has 1 unspecified atom stereocenters. The second-order valence-electron chi connectivity index (χ2n) is 5.61. The van der Waals surface area contributed by atoms with Gasteiger partial charge in [-0.15, -0.1) is 0 Å². The predicted molar refractivity (Wildman–Crippen MR) is 80.9 cm³/mol. The third kappa shape index (κ3) is 3.32. The lowest BCUT2D eigenvalue weighted by molar-refractivity contribution is -0.132. The fourth-order valence-electron chi connectivity index (χ4n) is 2.38. The van der Waals surface area contributed by atoms with Crippen molar-refractivity contribution in [2.45, 2.75) is 38.6 Å². The van der Waals surface area contributed by atoms with Gasteiger partial charge in [0.1, 0.15) is 0 Å². The van der Waals surface area contributed by atoms with Crippen molar-refractivity contribution >= 4 is 17.2 Å². The van der Waals surface area contributed by atoms with Gasteiger partial charge in [0.2, 0.25) is 17.6 Å². The number of amides is 1. The van der Waals surface area contributed by atoms with Gasteiger partial charge in [0.15, 0.2) is 0 Å². The monoisotopic (exact) mass is 305 g/mol. The van der Waals surface area contributed by atoms with Crippen LogP contribution in [0.3, 0.4) is 0 Å². The fourth-order valence-corrected chi connectivity index (χ4v) is 3.01. The van der Waals surface area contributed by atoms with E-state index < -0.39 is 0 Å². The number of hydrogen-bond donors (Lipinski definition) is 0. The summed E-state index contributed by atoms with van der Waals surface area (Å²) < 4.78 is 5.21. The van der Waals surface area contributed by atoms with Gasteiger partial charge in [-0.1, -0.05) is 5.16 Å². The van der Waals surface area contributed by atoms with Crippen LogP contribution in [0.5, 0.6) is 0 Å². The summed E-state index contributed by atoms with van der Waals surface area (Å²) in [6.45, 7) is 2.12. The van der Waals surface area contributed by atoms with Crippen LogP contribution in [0.25, 0.3) is 11.4 Å². The molecule has 3 rings (SSSR count). The molecule has 112 valence electrons. The van der Waals surface area contributed by atoms with Crippen LogP contribution in [0.4, 0.5) is 0 Å². The Hall–Kier alpha value is -1.69. The van der Waals surface area contributed by atoms with Crippen molar-refractivity contribution in [3.63, 3.8) is 0 Å². The Morgan fingerprint density at radius 2 is 2.38 bits per heavy atom. The van der Waals surface area contributed by atoms with Gasteiger partial charge in [-0.2, -0.15) is 16.3 Å². The molecule has 2 aromatic rings. The molecule has 2 aromatic heterocycles. The Labute approximate surface area is 128 Å². The second-order valence-corrected chi connectivity index (χ2v) is 6.39. The van der Waals surface area contributed by atoms with Gasteiger partial charge >= 0.3 is 0 Å². The van der Waals surface area contributed by atoms with Crippen molar-refractivity contribution < 1.29 is 9.32 Å². The normalized spacial score (nSPS) is 15.9. The maximum Gasteiger partial charge on any atom is 0.227 e. The Balaban J connectivity index is 1.54. The standard InChI is InChI=1S/C15H19N3O2S/c1-10(11-3-4-11)18(2)14(19)6-5-13-16-15(17-20-13)12-7-8-21-9-12/h7-11H,3-6H2,1-2H3. The van der Waals surface area contributed by atoms with Gasteiger partial charge in [-0.25, -0.2) is 0 Å². The molecule has 6 heteroatoms. The zero-order chi connectivity index (χ0) is 14.8. The van der Waals surface area contributed by atoms with E-state index in [1.807, 2.05) is 28.8 Å². The average molecular weight is 305 g/mol. The summed E-state index contributed by atoms with van der Waals surface area (Å²) >= 11 is 1.60. The highest BCUT2D eigenvalue weighted by atomic mass is 32.1. The summed E-state index contributed by atoms with van der Waals surface area (Å²) in [4.78, 5) is 18.4. The second kappa shape index (κ2) is 5.97. The van der Waals surface area contributed by atoms with Crippen LogP contribution in [0, 0.1) is 5.92 Å². The highest BCUT2D eigenvalue weighted by Crippen LogP contribution is 2.34. The van der Waals surface area contributed by atoms with Crippen molar-refractivity contribution in [3.05, 3.63) is 22.7 Å². The van der Waals surface area contributed by atoms with Crippen molar-refractivity contribution in [3.8, 4) is 11.4 Å². The molecule has 0 aromatic carbocycles. The molecule has 0 N–H and O–H groups in total. The van der Waals surface area contributed by atoms with Gasteiger partial charge in [0.05, 0.1) is 0 Å². The predicted octanol–water partition coefficient (Wildman–Crippen LogP) is 2.99. The number of nitrogens with zero attached hydrogens (tertiary/aromatic N) is 3. The van der Waals surface area contributed by atoms with E-state index in [2.05, 4.69) is 17.1 Å². The van der Waals surface area contributed by atoms with Crippen molar-refractivity contribution in [1.29, 1.82) is 0 Å². The molecule has 0 radical (unpaired) electrons. The summed E-state index contributed by atoms with van der Waals surface area (Å²) in [6, 6.07) is 2.29. The molecule has 0 spiro atoms. The van der Waals surface area contributed by atoms with Crippen molar-refractivity contribution in [2.75, 3.05) is 7.05 Å². The van der Waals surface area contributed by atoms with Crippen LogP contribution in [-0.2, 0) is 11.2 Å². The van der Waals surface area contributed by atoms with E-state index in [4.69, 9.17) is 4.52 Å². The van der Waals surface area contributed by atoms with Gasteiger partial charge < -0.3 is 9.42 Å². The zero-order valence-corrected chi connectivity index (χ0v) is 13.1. The van der Waals surface area contributed by atoms with E-state index in [0.29, 0.717) is 36.5 Å². The molecule has 5 nitrogen and oxygen atoms in total. The molecule has 1 fully saturated rings. The van der Waals surface area contributed by atoms with Crippen molar-refractivity contribution in [2.24, 2.45) is 5.92 Å². The third-order valence-electron chi connectivity index (χ3n) is 4.11. The van der Waals surface area contributed by atoms with E-state index >= 15 is 0 Å². The maximum atomic E-state index is 12.2. The van der Waals surface area contributed by atoms with E-state index in [1.165, 1.54) is 12.8 Å². The number of thiophene rings is 1. The first-order chi connectivity index (χ1) is 10.1. The van der Waals surface area contributed by atoms with Crippen LogP contribution >= 0.6 is 11.3 Å². The SMILES string of the molecule is CC(C1CC1)N(C)C(=O)CCc1nc(-c2ccsc2)no1. The first kappa shape index (κ1) is 14.3. The van der Waals surface area contributed by atoms with E-state index in [9.17, 15) is 4.79 Å². The topological polar surface area (TPSA) is 59.2 Å². The summed E-state index contributed by atoms with van der Waals surface area (Å²) in [5.41, 5.74) is 0.959. The van der Waals surface area contributed by atoms with Crippen LogP contribution in [0.1, 0.15) is 32.1 Å². The number of hydrogen-bond acceptors (Lipinski definition) is 5. The number of aromatic nitrogens is 2. The molecule has 1 aliphatic carbocycles. The Bertz CT molecular complexity index is 604. The molecule has 2 heterocycles. The summed E-state index contributed by atoms with van der Waals surface area (Å²) in [7, 11) is 1.88. The summed E-state index contributed by atoms with van der Waals surface area (Å²) in [5.74, 6) is 1.95. The number of carbonyl (C=O) groups is 1. The number of rotatable bonds is 6. The van der Waals surface area contributed by atoms with Gasteiger partial charge in [0.25, 0.3) is 0 Å². The lowest BCUT2D eigenvalue weighted by Crippen LogP contribution is -2.36. The molecule has 0 saturated heterocycles. The molecule has 1 saturated carbocycles. The fraction of sp³-hybridized carbons (Fsp3) is 0.533. The molecule has 0 aliphatic heterocycles. The Morgan fingerprint density at radius 1 is 1.57 bits per heavy atom.